The normalized spacial score (nSPS) is 7.00. The standard InChI is InChI=1S/C4H8N2O2.C3H6.2C2H4.3CH4/c5-3(2-7)1-4(6)8;1-3-2;2*1-2;;;/h2-3H,1,5H2,(H2,6,8);1-3H2;2*1-2H2;3*1H4/t3-;;;;;;/m1....../s1. The van der Waals surface area contributed by atoms with Gasteiger partial charge in [-0.1, -0.05) is 22.3 Å². The Morgan fingerprint density at radius 1 is 1.22 bits per heavy atom. The summed E-state index contributed by atoms with van der Waals surface area (Å²) in [4.78, 5) is 19.7. The zero-order valence-corrected chi connectivity index (χ0v) is 9.28. The van der Waals surface area contributed by atoms with Crippen molar-refractivity contribution in [2.45, 2.75) is 41.2 Å². The van der Waals surface area contributed by atoms with Crippen LogP contribution < -0.4 is 11.5 Å². The highest BCUT2D eigenvalue weighted by Gasteiger charge is 2.02. The van der Waals surface area contributed by atoms with Crippen LogP contribution in [0, 0.1) is 13.8 Å². The summed E-state index contributed by atoms with van der Waals surface area (Å²) < 4.78 is 0. The first-order valence-electron chi connectivity index (χ1n) is 4.16. The lowest BCUT2D eigenvalue weighted by Gasteiger charge is -1.95. The van der Waals surface area contributed by atoms with E-state index in [0.29, 0.717) is 6.29 Å². The lowest BCUT2D eigenvalue weighted by Crippen LogP contribution is -2.28. The number of hydrogen-bond donors (Lipinski definition) is 2. The maximum atomic E-state index is 9.95. The Hall–Kier alpha value is -1.55. The molecule has 0 bridgehead atoms. The van der Waals surface area contributed by atoms with E-state index in [4.69, 9.17) is 11.5 Å². The van der Waals surface area contributed by atoms with Gasteiger partial charge in [0.05, 0.1) is 6.04 Å². The number of hydrogen-bond acceptors (Lipinski definition) is 3. The molecule has 0 unspecified atom stereocenters. The Kier molecular flexibility index (Phi) is 142. The molecular weight excluding hydrogens is 228 g/mol. The van der Waals surface area contributed by atoms with Crippen molar-refractivity contribution < 1.29 is 9.59 Å². The van der Waals surface area contributed by atoms with E-state index in [1.165, 1.54) is 0 Å². The molecule has 0 saturated heterocycles. The van der Waals surface area contributed by atoms with Crippen LogP contribution in [0.15, 0.2) is 26.3 Å². The second-order valence-electron chi connectivity index (χ2n) is 1.82. The number of aldehydes is 1. The fourth-order valence-electron chi connectivity index (χ4n) is 0.280. The number of rotatable bonds is 3. The predicted molar refractivity (Wildman–Crippen MR) is 85.9 cm³/mol. The second-order valence-corrected chi connectivity index (χ2v) is 1.82. The lowest BCUT2D eigenvalue weighted by molar-refractivity contribution is -0.120. The monoisotopic (exact) mass is 262 g/mol. The summed E-state index contributed by atoms with van der Waals surface area (Å²) in [5, 5.41) is 0. The summed E-state index contributed by atoms with van der Waals surface area (Å²) >= 11 is 0. The SMILES string of the molecule is C.C.C.C=C.C=C.NC(=O)C[C@@H](N)C=O.[CH2+]C[CH2-]. The van der Waals surface area contributed by atoms with Gasteiger partial charge in [-0.05, 0) is 6.42 Å². The maximum Gasteiger partial charge on any atom is 0.219 e. The van der Waals surface area contributed by atoms with Gasteiger partial charge >= 0.3 is 0 Å². The van der Waals surface area contributed by atoms with Gasteiger partial charge in [-0.2, -0.15) is 0 Å². The molecule has 0 spiro atoms. The van der Waals surface area contributed by atoms with Crippen LogP contribution in [0.3, 0.4) is 0 Å². The van der Waals surface area contributed by atoms with E-state index in [1.54, 1.807) is 0 Å². The highest BCUT2D eigenvalue weighted by atomic mass is 16.1. The van der Waals surface area contributed by atoms with Gasteiger partial charge in [0.15, 0.2) is 0 Å². The van der Waals surface area contributed by atoms with Gasteiger partial charge in [0, 0.05) is 13.3 Å². The van der Waals surface area contributed by atoms with Crippen LogP contribution in [0.2, 0.25) is 0 Å². The fraction of sp³-hybridized carbons (Fsp3) is 0.429. The largest absolute Gasteiger partial charge is 0.370 e. The quantitative estimate of drug-likeness (QED) is 0.466. The first kappa shape index (κ1) is 44.0. The minimum atomic E-state index is -0.729. The van der Waals surface area contributed by atoms with Crippen molar-refractivity contribution in [3.05, 3.63) is 40.2 Å². The molecule has 18 heavy (non-hydrogen) atoms. The van der Waals surface area contributed by atoms with Crippen LogP contribution in [0.25, 0.3) is 0 Å². The van der Waals surface area contributed by atoms with Crippen molar-refractivity contribution in [1.29, 1.82) is 0 Å². The van der Waals surface area contributed by atoms with Gasteiger partial charge in [-0.3, -0.25) is 11.7 Å². The van der Waals surface area contributed by atoms with Crippen molar-refractivity contribution in [3.63, 3.8) is 0 Å². The molecule has 0 aromatic carbocycles. The van der Waals surface area contributed by atoms with Crippen molar-refractivity contribution in [1.82, 2.24) is 0 Å². The van der Waals surface area contributed by atoms with E-state index >= 15 is 0 Å². The van der Waals surface area contributed by atoms with Crippen LogP contribution in [-0.4, -0.2) is 18.2 Å². The molecule has 0 aliphatic rings. The molecule has 0 radical (unpaired) electrons. The number of carbonyl (C=O) groups is 2. The molecule has 112 valence electrons. The van der Waals surface area contributed by atoms with Gasteiger partial charge in [0.1, 0.15) is 6.29 Å². The van der Waals surface area contributed by atoms with Gasteiger partial charge in [0.25, 0.3) is 0 Å². The topological polar surface area (TPSA) is 86.2 Å². The minimum Gasteiger partial charge on any atom is -0.370 e. The molecule has 0 rings (SSSR count). The van der Waals surface area contributed by atoms with Crippen molar-refractivity contribution >= 4 is 12.2 Å². The van der Waals surface area contributed by atoms with E-state index in [0.717, 1.165) is 6.42 Å². The number of nitrogens with two attached hydrogens (primary N) is 2. The molecule has 1 amide bonds. The molecular formula is C14H34N2O2. The summed E-state index contributed by atoms with van der Waals surface area (Å²) in [5.41, 5.74) is 9.70. The first-order valence-corrected chi connectivity index (χ1v) is 4.16. The summed E-state index contributed by atoms with van der Waals surface area (Å²) in [7, 11) is 0. The maximum absolute atomic E-state index is 9.95. The highest BCUT2D eigenvalue weighted by Crippen LogP contribution is 1.78. The molecule has 0 heterocycles. The molecule has 4 heteroatoms. The van der Waals surface area contributed by atoms with Crippen LogP contribution in [0.5, 0.6) is 0 Å². The van der Waals surface area contributed by atoms with Crippen LogP contribution in [0.1, 0.15) is 35.1 Å². The van der Waals surface area contributed by atoms with Crippen LogP contribution in [-0.2, 0) is 9.59 Å². The minimum absolute atomic E-state index is 0. The van der Waals surface area contributed by atoms with E-state index < -0.39 is 11.9 Å². The molecule has 4 nitrogen and oxygen atoms in total. The molecule has 1 atom stereocenters. The summed E-state index contributed by atoms with van der Waals surface area (Å²) in [5.74, 6) is -0.551. The molecule has 0 aromatic heterocycles. The summed E-state index contributed by atoms with van der Waals surface area (Å²) in [6.45, 7) is 18.8. The van der Waals surface area contributed by atoms with Crippen LogP contribution >= 0.6 is 0 Å². The zero-order chi connectivity index (χ0) is 13.3. The van der Waals surface area contributed by atoms with Gasteiger partial charge in [0.2, 0.25) is 5.91 Å². The molecule has 0 aliphatic heterocycles. The van der Waals surface area contributed by atoms with Gasteiger partial charge in [-0.25, -0.2) is 0 Å². The number of carbonyl (C=O) groups excluding carboxylic acids is 2. The lowest BCUT2D eigenvalue weighted by atomic mass is 10.2. The third-order valence-electron chi connectivity index (χ3n) is 0.612. The smallest absolute Gasteiger partial charge is 0.219 e. The highest BCUT2D eigenvalue weighted by molar-refractivity contribution is 5.78. The Morgan fingerprint density at radius 3 is 1.50 bits per heavy atom. The molecule has 4 N–H and O–H groups in total. The number of amides is 1. The Balaban J connectivity index is -0.0000000211. The Labute approximate surface area is 115 Å². The molecule has 0 fully saturated rings. The van der Waals surface area contributed by atoms with E-state index in [1.807, 2.05) is 0 Å². The van der Waals surface area contributed by atoms with E-state index in [-0.39, 0.29) is 28.7 Å². The van der Waals surface area contributed by atoms with Gasteiger partial charge in [-0.15, -0.1) is 26.3 Å². The fourth-order valence-corrected chi connectivity index (χ4v) is 0.280. The average molecular weight is 262 g/mol. The molecule has 0 aliphatic carbocycles. The third kappa shape index (κ3) is 132. The third-order valence-corrected chi connectivity index (χ3v) is 0.612. The summed E-state index contributed by atoms with van der Waals surface area (Å²) in [6, 6.07) is -0.729. The Bertz CT molecular complexity index is 138. The van der Waals surface area contributed by atoms with Crippen molar-refractivity contribution in [2.75, 3.05) is 0 Å². The summed E-state index contributed by atoms with van der Waals surface area (Å²) in [6.07, 6.45) is 1.17. The van der Waals surface area contributed by atoms with Crippen molar-refractivity contribution in [2.24, 2.45) is 11.5 Å². The average Bonchev–Trinajstić information content (AvgIpc) is 2.24. The van der Waals surface area contributed by atoms with Crippen molar-refractivity contribution in [3.8, 4) is 0 Å². The predicted octanol–water partition coefficient (Wildman–Crippen LogP) is 2.95. The second kappa shape index (κ2) is 58.1. The number of primary amides is 1. The molecule has 0 aromatic rings. The van der Waals surface area contributed by atoms with Crippen LogP contribution in [0.4, 0.5) is 0 Å². The molecule has 0 saturated carbocycles. The van der Waals surface area contributed by atoms with Gasteiger partial charge < -0.3 is 16.3 Å². The first-order chi connectivity index (χ1) is 7.08. The zero-order valence-electron chi connectivity index (χ0n) is 9.28. The van der Waals surface area contributed by atoms with E-state index in [9.17, 15) is 9.59 Å². The van der Waals surface area contributed by atoms with E-state index in [2.05, 4.69) is 40.2 Å². The Morgan fingerprint density at radius 2 is 1.44 bits per heavy atom.